The average Bonchev–Trinajstić information content (AvgIpc) is 3.14. The van der Waals surface area contributed by atoms with Crippen molar-refractivity contribution in [1.29, 1.82) is 0 Å². The second-order valence-corrected chi connectivity index (χ2v) is 7.81. The Kier molecular flexibility index (Phi) is 9.96. The molecule has 1 aliphatic rings. The molecule has 5 N–H and O–H groups in total. The molecule has 0 saturated carbocycles. The first-order valence-corrected chi connectivity index (χ1v) is 10.3. The van der Waals surface area contributed by atoms with Gasteiger partial charge in [-0.05, 0) is 25.0 Å². The number of rotatable bonds is 8. The van der Waals surface area contributed by atoms with Gasteiger partial charge in [-0.3, -0.25) is 14.6 Å². The molecule has 2 aromatic rings. The van der Waals surface area contributed by atoms with E-state index in [0.29, 0.717) is 30.9 Å². The Labute approximate surface area is 209 Å². The van der Waals surface area contributed by atoms with Crippen LogP contribution in [-0.2, 0) is 4.79 Å². The SMILES string of the molecule is NC(N)=NCCCC(NC(=O)[C@@H]1CCCC[N-]1)C(=O)c1nc2ccccc2s1.[Ac]. The molecule has 2 atom stereocenters. The van der Waals surface area contributed by atoms with Crippen molar-refractivity contribution in [3.05, 3.63) is 34.6 Å². The summed E-state index contributed by atoms with van der Waals surface area (Å²) in [6.07, 6.45) is 3.71. The molecular formula is C19H25AcN6O2S-. The first kappa shape index (κ1) is 24.2. The van der Waals surface area contributed by atoms with Gasteiger partial charge in [0.15, 0.2) is 11.0 Å². The third-order valence-corrected chi connectivity index (χ3v) is 5.67. The molecule has 1 radical (unpaired) electrons. The predicted octanol–water partition coefficient (Wildman–Crippen LogP) is 1.94. The molecule has 0 aliphatic carbocycles. The van der Waals surface area contributed by atoms with E-state index in [1.807, 2.05) is 24.3 Å². The van der Waals surface area contributed by atoms with Gasteiger partial charge in [-0.2, -0.15) is 0 Å². The molecule has 1 amide bonds. The second kappa shape index (κ2) is 11.9. The summed E-state index contributed by atoms with van der Waals surface area (Å²) in [7, 11) is 0. The number of nitrogens with zero attached hydrogens (tertiary/aromatic N) is 3. The van der Waals surface area contributed by atoms with E-state index in [4.69, 9.17) is 11.5 Å². The van der Waals surface area contributed by atoms with Crippen LogP contribution < -0.4 is 16.8 Å². The van der Waals surface area contributed by atoms with Crippen LogP contribution >= 0.6 is 11.3 Å². The third kappa shape index (κ3) is 6.99. The Balaban J connectivity index is 0.00000300. The number of Topliss-reactive ketones (excluding diaryl/α,β-unsaturated/α-hetero) is 1. The summed E-state index contributed by atoms with van der Waals surface area (Å²) in [4.78, 5) is 34.1. The Morgan fingerprint density at radius 2 is 2.10 bits per heavy atom. The maximum atomic E-state index is 13.1. The number of benzene rings is 1. The number of aliphatic imine (C=N–C) groups is 1. The second-order valence-electron chi connectivity index (χ2n) is 6.78. The molecule has 1 unspecified atom stereocenters. The van der Waals surface area contributed by atoms with Gasteiger partial charge in [0.1, 0.15) is 0 Å². The fourth-order valence-corrected chi connectivity index (χ4v) is 4.13. The van der Waals surface area contributed by atoms with Crippen LogP contribution in [0.15, 0.2) is 29.3 Å². The Morgan fingerprint density at radius 1 is 1.31 bits per heavy atom. The molecule has 1 aromatic carbocycles. The Hall–Kier alpha value is -1.08. The first-order chi connectivity index (χ1) is 13.5. The Bertz CT molecular complexity index is 828. The normalized spacial score (nSPS) is 17.2. The van der Waals surface area contributed by atoms with E-state index in [1.54, 1.807) is 0 Å². The number of para-hydroxylation sites is 1. The van der Waals surface area contributed by atoms with Crippen LogP contribution in [0.3, 0.4) is 0 Å². The van der Waals surface area contributed by atoms with E-state index in [0.717, 1.165) is 29.5 Å². The summed E-state index contributed by atoms with van der Waals surface area (Å²) in [6.45, 7) is 1.09. The fourth-order valence-electron chi connectivity index (χ4n) is 3.17. The zero-order valence-electron chi connectivity index (χ0n) is 16.2. The number of hydrogen-bond acceptors (Lipinski definition) is 5. The number of fused-ring (bicyclic) bond motifs is 1. The number of carbonyl (C=O) groups excluding carboxylic acids is 2. The van der Waals surface area contributed by atoms with Gasteiger partial charge in [0, 0.05) is 50.6 Å². The topological polar surface area (TPSA) is 138 Å². The van der Waals surface area contributed by atoms with Gasteiger partial charge in [0.25, 0.3) is 0 Å². The number of ketones is 1. The average molecular weight is 629 g/mol. The molecule has 1 aromatic heterocycles. The van der Waals surface area contributed by atoms with E-state index in [2.05, 4.69) is 20.6 Å². The molecule has 29 heavy (non-hydrogen) atoms. The number of guanidine groups is 1. The summed E-state index contributed by atoms with van der Waals surface area (Å²) in [5, 5.41) is 7.67. The van der Waals surface area contributed by atoms with Crippen LogP contribution in [0.4, 0.5) is 0 Å². The molecule has 2 heterocycles. The maximum Gasteiger partial charge on any atom is 0.213 e. The van der Waals surface area contributed by atoms with Crippen molar-refractivity contribution < 1.29 is 53.7 Å². The molecule has 0 bridgehead atoms. The van der Waals surface area contributed by atoms with Crippen molar-refractivity contribution in [2.75, 3.05) is 13.1 Å². The molecule has 8 nitrogen and oxygen atoms in total. The van der Waals surface area contributed by atoms with Crippen molar-refractivity contribution in [2.24, 2.45) is 16.5 Å². The molecule has 153 valence electrons. The number of aromatic nitrogens is 1. The van der Waals surface area contributed by atoms with Crippen molar-refractivity contribution in [1.82, 2.24) is 10.3 Å². The van der Waals surface area contributed by atoms with Crippen molar-refractivity contribution in [2.45, 2.75) is 44.2 Å². The van der Waals surface area contributed by atoms with Gasteiger partial charge < -0.3 is 22.1 Å². The van der Waals surface area contributed by atoms with Crippen molar-refractivity contribution >= 4 is 39.2 Å². The van der Waals surface area contributed by atoms with Gasteiger partial charge >= 0.3 is 0 Å². The number of piperidine rings is 1. The number of nitrogens with two attached hydrogens (primary N) is 2. The van der Waals surface area contributed by atoms with Crippen molar-refractivity contribution in [3.8, 4) is 0 Å². The minimum atomic E-state index is -0.667. The maximum absolute atomic E-state index is 13.1. The van der Waals surface area contributed by atoms with Crippen LogP contribution in [0.25, 0.3) is 15.5 Å². The zero-order chi connectivity index (χ0) is 19.9. The van der Waals surface area contributed by atoms with Crippen LogP contribution in [0.2, 0.25) is 0 Å². The quantitative estimate of drug-likeness (QED) is 0.178. The van der Waals surface area contributed by atoms with Gasteiger partial charge in [-0.1, -0.05) is 37.4 Å². The van der Waals surface area contributed by atoms with E-state index in [-0.39, 0.29) is 67.8 Å². The van der Waals surface area contributed by atoms with Gasteiger partial charge in [-0.25, -0.2) is 4.98 Å². The van der Waals surface area contributed by atoms with E-state index >= 15 is 0 Å². The van der Waals surface area contributed by atoms with E-state index in [1.165, 1.54) is 11.3 Å². The standard InChI is InChI=1S/C19H25N6O2S.Ac/c20-19(21)23-11-5-8-13(24-17(27)14-7-3-4-10-22-14)16(26)18-25-12-6-1-2-9-15(12)28-18;/h1-2,6,9,13-14H,3-5,7-8,10-11H2,(H,24,27)(H4,20,21,23);/q-1;/t13?,14-;/m0./s1. The number of amides is 1. The summed E-state index contributed by atoms with van der Waals surface area (Å²) in [5.41, 5.74) is 11.5. The minimum absolute atomic E-state index is 0. The molecule has 1 fully saturated rings. The molecule has 10 heteroatoms. The molecule has 1 aliphatic heterocycles. The first-order valence-electron chi connectivity index (χ1n) is 9.47. The smallest absolute Gasteiger partial charge is 0.213 e. The molecule has 1 saturated heterocycles. The number of thiazole rings is 1. The van der Waals surface area contributed by atoms with Gasteiger partial charge in [0.2, 0.25) is 11.7 Å². The van der Waals surface area contributed by atoms with E-state index < -0.39 is 6.04 Å². The Morgan fingerprint density at radius 3 is 2.79 bits per heavy atom. The fraction of sp³-hybridized carbons (Fsp3) is 0.474. The third-order valence-electron chi connectivity index (χ3n) is 4.62. The number of nitrogens with one attached hydrogen (secondary N) is 1. The van der Waals surface area contributed by atoms with Crippen LogP contribution in [-0.4, -0.2) is 47.8 Å². The minimum Gasteiger partial charge on any atom is -0.652 e. The van der Waals surface area contributed by atoms with Crippen molar-refractivity contribution in [3.63, 3.8) is 0 Å². The largest absolute Gasteiger partial charge is 0.652 e. The summed E-state index contributed by atoms with van der Waals surface area (Å²) in [5.74, 6) is -0.366. The summed E-state index contributed by atoms with van der Waals surface area (Å²) < 4.78 is 0.943. The van der Waals surface area contributed by atoms with Crippen LogP contribution in [0, 0.1) is 44.1 Å². The molecule has 3 rings (SSSR count). The summed E-state index contributed by atoms with van der Waals surface area (Å²) >= 11 is 1.34. The van der Waals surface area contributed by atoms with Gasteiger partial charge in [0.05, 0.1) is 16.3 Å². The van der Waals surface area contributed by atoms with Gasteiger partial charge in [-0.15, -0.1) is 17.9 Å². The summed E-state index contributed by atoms with van der Waals surface area (Å²) in [6, 6.07) is 6.55. The van der Waals surface area contributed by atoms with E-state index in [9.17, 15) is 9.59 Å². The zero-order valence-corrected chi connectivity index (χ0v) is 21.8. The molecule has 0 spiro atoms. The monoisotopic (exact) mass is 628 g/mol. The number of carbonyl (C=O) groups is 2. The van der Waals surface area contributed by atoms with Crippen LogP contribution in [0.1, 0.15) is 41.9 Å². The number of hydrogen-bond donors (Lipinski definition) is 3. The predicted molar refractivity (Wildman–Crippen MR) is 112 cm³/mol. The molecular weight excluding hydrogens is 603 g/mol. The van der Waals surface area contributed by atoms with Crippen LogP contribution in [0.5, 0.6) is 0 Å².